The van der Waals surface area contributed by atoms with Crippen LogP contribution in [0.3, 0.4) is 0 Å². The van der Waals surface area contributed by atoms with E-state index >= 15 is 0 Å². The van der Waals surface area contributed by atoms with Crippen LogP contribution in [-0.4, -0.2) is 54.4 Å². The van der Waals surface area contributed by atoms with Gasteiger partial charge in [-0.25, -0.2) is 14.4 Å². The number of piperidine rings is 1. The van der Waals surface area contributed by atoms with E-state index in [4.69, 9.17) is 14.2 Å². The Balaban J connectivity index is 1.93. The first-order chi connectivity index (χ1) is 13.2. The van der Waals surface area contributed by atoms with Gasteiger partial charge in [-0.05, 0) is 39.2 Å². The molecule has 1 aliphatic heterocycles. The lowest BCUT2D eigenvalue weighted by Crippen LogP contribution is -2.56. The molecule has 1 aromatic carbocycles. The topological polar surface area (TPSA) is 94.2 Å². The van der Waals surface area contributed by atoms with Crippen LogP contribution in [0.15, 0.2) is 30.3 Å². The molecule has 1 aromatic rings. The molecule has 0 aromatic heterocycles. The van der Waals surface area contributed by atoms with Gasteiger partial charge in [-0.3, -0.25) is 4.90 Å². The number of hydrogen-bond acceptors (Lipinski definition) is 6. The van der Waals surface area contributed by atoms with Crippen LogP contribution in [0.25, 0.3) is 0 Å². The zero-order valence-electron chi connectivity index (χ0n) is 16.8. The summed E-state index contributed by atoms with van der Waals surface area (Å²) < 4.78 is 15.4. The fraction of sp³-hybridized carbons (Fsp3) is 0.550. The maximum Gasteiger partial charge on any atom is 0.411 e. The normalized spacial score (nSPS) is 19.5. The molecule has 2 atom stereocenters. The average Bonchev–Trinajstić information content (AvgIpc) is 2.65. The summed E-state index contributed by atoms with van der Waals surface area (Å²) in [6.07, 6.45) is -0.435. The summed E-state index contributed by atoms with van der Waals surface area (Å²) >= 11 is 0. The molecule has 8 nitrogen and oxygen atoms in total. The van der Waals surface area contributed by atoms with E-state index in [9.17, 15) is 14.4 Å². The third-order valence-corrected chi connectivity index (χ3v) is 4.24. The quantitative estimate of drug-likeness (QED) is 0.625. The molecule has 0 aliphatic carbocycles. The highest BCUT2D eigenvalue weighted by Crippen LogP contribution is 2.22. The van der Waals surface area contributed by atoms with Gasteiger partial charge in [-0.2, -0.15) is 0 Å². The van der Waals surface area contributed by atoms with Crippen molar-refractivity contribution in [2.45, 2.75) is 57.9 Å². The van der Waals surface area contributed by atoms with E-state index in [1.165, 1.54) is 12.0 Å². The largest absolute Gasteiger partial charge is 0.467 e. The van der Waals surface area contributed by atoms with Gasteiger partial charge in [0.15, 0.2) is 0 Å². The molecule has 1 saturated heterocycles. The lowest BCUT2D eigenvalue weighted by Gasteiger charge is -2.38. The molecule has 0 radical (unpaired) electrons. The number of methoxy groups -OCH3 is 1. The Bertz CT molecular complexity index is 686. The fourth-order valence-corrected chi connectivity index (χ4v) is 2.93. The molecule has 154 valence electrons. The van der Waals surface area contributed by atoms with Gasteiger partial charge in [0.2, 0.25) is 0 Å². The van der Waals surface area contributed by atoms with Crippen LogP contribution in [-0.2, 0) is 25.6 Å². The summed E-state index contributed by atoms with van der Waals surface area (Å²) in [4.78, 5) is 38.0. The highest BCUT2D eigenvalue weighted by Gasteiger charge is 2.39. The molecule has 0 spiro atoms. The number of hydrogen-bond donors (Lipinski definition) is 1. The maximum atomic E-state index is 12.4. The number of ether oxygens (including phenoxy) is 3. The summed E-state index contributed by atoms with van der Waals surface area (Å²) in [6, 6.07) is 8.20. The van der Waals surface area contributed by atoms with Gasteiger partial charge in [-0.15, -0.1) is 0 Å². The molecule has 1 heterocycles. The van der Waals surface area contributed by atoms with Crippen molar-refractivity contribution in [2.24, 2.45) is 0 Å². The molecular weight excluding hydrogens is 364 g/mol. The summed E-state index contributed by atoms with van der Waals surface area (Å²) in [5.74, 6) is -0.546. The van der Waals surface area contributed by atoms with E-state index in [-0.39, 0.29) is 25.6 Å². The summed E-state index contributed by atoms with van der Waals surface area (Å²) in [5, 5.41) is 2.76. The van der Waals surface area contributed by atoms with Crippen molar-refractivity contribution >= 4 is 18.2 Å². The van der Waals surface area contributed by atoms with Gasteiger partial charge in [0, 0.05) is 12.6 Å². The zero-order valence-corrected chi connectivity index (χ0v) is 16.8. The summed E-state index contributed by atoms with van der Waals surface area (Å²) in [5.41, 5.74) is 0.207. The molecule has 2 rings (SSSR count). The van der Waals surface area contributed by atoms with E-state index in [0.29, 0.717) is 6.42 Å². The lowest BCUT2D eigenvalue weighted by atomic mass is 9.97. The van der Waals surface area contributed by atoms with Crippen LogP contribution in [0.2, 0.25) is 0 Å². The van der Waals surface area contributed by atoms with Gasteiger partial charge in [0.25, 0.3) is 0 Å². The van der Waals surface area contributed by atoms with Gasteiger partial charge in [0.1, 0.15) is 18.2 Å². The van der Waals surface area contributed by atoms with Gasteiger partial charge >= 0.3 is 18.2 Å². The number of nitrogens with zero attached hydrogens (tertiary/aromatic N) is 1. The highest BCUT2D eigenvalue weighted by molar-refractivity contribution is 5.82. The minimum atomic E-state index is -0.826. The number of carbonyl (C=O) groups is 3. The van der Waals surface area contributed by atoms with Crippen molar-refractivity contribution in [3.8, 4) is 0 Å². The second kappa shape index (κ2) is 9.43. The van der Waals surface area contributed by atoms with Crippen molar-refractivity contribution in [1.82, 2.24) is 10.2 Å². The molecule has 1 fully saturated rings. The Labute approximate surface area is 165 Å². The zero-order chi connectivity index (χ0) is 20.7. The van der Waals surface area contributed by atoms with Gasteiger partial charge in [-0.1, -0.05) is 30.3 Å². The minimum Gasteiger partial charge on any atom is -0.467 e. The number of nitrogens with one attached hydrogen (secondary N) is 1. The monoisotopic (exact) mass is 392 g/mol. The smallest absolute Gasteiger partial charge is 0.411 e. The third-order valence-electron chi connectivity index (χ3n) is 4.24. The molecule has 0 unspecified atom stereocenters. The van der Waals surface area contributed by atoms with Crippen molar-refractivity contribution < 1.29 is 28.6 Å². The second-order valence-corrected chi connectivity index (χ2v) is 7.64. The highest BCUT2D eigenvalue weighted by atomic mass is 16.6. The Morgan fingerprint density at radius 2 is 1.86 bits per heavy atom. The molecule has 28 heavy (non-hydrogen) atoms. The third kappa shape index (κ3) is 6.44. The molecule has 8 heteroatoms. The van der Waals surface area contributed by atoms with E-state index < -0.39 is 29.8 Å². The molecule has 2 amide bonds. The maximum absolute atomic E-state index is 12.4. The fourth-order valence-electron chi connectivity index (χ4n) is 2.93. The van der Waals surface area contributed by atoms with E-state index in [0.717, 1.165) is 5.56 Å². The SMILES string of the molecule is COC(=O)[C@H]1C[C@H](NC(=O)OCc2ccccc2)CCN1C(=O)OC(C)(C)C. The first-order valence-corrected chi connectivity index (χ1v) is 9.24. The number of benzene rings is 1. The van der Waals surface area contributed by atoms with Gasteiger partial charge in [0.05, 0.1) is 7.11 Å². The average molecular weight is 392 g/mol. The number of esters is 1. The van der Waals surface area contributed by atoms with Crippen LogP contribution in [0, 0.1) is 0 Å². The van der Waals surface area contributed by atoms with E-state index in [2.05, 4.69) is 5.32 Å². The number of carbonyl (C=O) groups excluding carboxylic acids is 3. The predicted molar refractivity (Wildman–Crippen MR) is 102 cm³/mol. The molecule has 1 N–H and O–H groups in total. The standard InChI is InChI=1S/C20H28N2O6/c1-20(2,3)28-19(25)22-11-10-15(12-16(22)17(23)26-4)21-18(24)27-13-14-8-6-5-7-9-14/h5-9,15-16H,10-13H2,1-4H3,(H,21,24)/t15-,16-/m1/s1. The first-order valence-electron chi connectivity index (χ1n) is 9.24. The van der Waals surface area contributed by atoms with E-state index in [1.54, 1.807) is 20.8 Å². The Morgan fingerprint density at radius 1 is 1.18 bits per heavy atom. The van der Waals surface area contributed by atoms with Crippen molar-refractivity contribution in [2.75, 3.05) is 13.7 Å². The molecular formula is C20H28N2O6. The second-order valence-electron chi connectivity index (χ2n) is 7.64. The lowest BCUT2D eigenvalue weighted by molar-refractivity contribution is -0.148. The van der Waals surface area contributed by atoms with Gasteiger partial charge < -0.3 is 19.5 Å². The number of alkyl carbamates (subject to hydrolysis) is 1. The predicted octanol–water partition coefficient (Wildman–Crippen LogP) is 2.85. The van der Waals surface area contributed by atoms with Crippen LogP contribution < -0.4 is 5.32 Å². The number of amides is 2. The van der Waals surface area contributed by atoms with Crippen LogP contribution >= 0.6 is 0 Å². The first kappa shape index (κ1) is 21.5. The van der Waals surface area contributed by atoms with Crippen LogP contribution in [0.1, 0.15) is 39.2 Å². The number of rotatable bonds is 4. The number of likely N-dealkylation sites (tertiary alicyclic amines) is 1. The van der Waals surface area contributed by atoms with Crippen LogP contribution in [0.5, 0.6) is 0 Å². The molecule has 0 bridgehead atoms. The van der Waals surface area contributed by atoms with Crippen molar-refractivity contribution in [3.05, 3.63) is 35.9 Å². The Hall–Kier alpha value is -2.77. The molecule has 1 aliphatic rings. The Kier molecular flexibility index (Phi) is 7.25. The summed E-state index contributed by atoms with van der Waals surface area (Å²) in [7, 11) is 1.26. The summed E-state index contributed by atoms with van der Waals surface area (Å²) in [6.45, 7) is 5.70. The van der Waals surface area contributed by atoms with E-state index in [1.807, 2.05) is 30.3 Å². The van der Waals surface area contributed by atoms with Crippen molar-refractivity contribution in [3.63, 3.8) is 0 Å². The van der Waals surface area contributed by atoms with Crippen molar-refractivity contribution in [1.29, 1.82) is 0 Å². The van der Waals surface area contributed by atoms with Crippen LogP contribution in [0.4, 0.5) is 9.59 Å². The Morgan fingerprint density at radius 3 is 2.46 bits per heavy atom. The molecule has 0 saturated carbocycles. The minimum absolute atomic E-state index is 0.157.